The second-order valence-electron chi connectivity index (χ2n) is 3.51. The number of benzene rings is 1. The minimum atomic E-state index is -3.76. The lowest BCUT2D eigenvalue weighted by molar-refractivity contribution is -0.385. The number of hydrogen-bond acceptors (Lipinski definition) is 5. The zero-order valence-corrected chi connectivity index (χ0v) is 9.98. The van der Waals surface area contributed by atoms with Crippen molar-refractivity contribution in [1.82, 2.24) is 4.72 Å². The van der Waals surface area contributed by atoms with E-state index in [4.69, 9.17) is 5.73 Å². The summed E-state index contributed by atoms with van der Waals surface area (Å²) in [6.07, 6.45) is 0. The summed E-state index contributed by atoms with van der Waals surface area (Å²) in [4.78, 5) is 9.74. The van der Waals surface area contributed by atoms with Gasteiger partial charge in [0.25, 0.3) is 5.69 Å². The fraction of sp³-hybridized carbons (Fsp3) is 0.333. The maximum atomic E-state index is 11.8. The number of nitro benzene ring substituents is 1. The van der Waals surface area contributed by atoms with E-state index in [-0.39, 0.29) is 17.1 Å². The second-order valence-corrected chi connectivity index (χ2v) is 5.23. The van der Waals surface area contributed by atoms with Gasteiger partial charge in [0.15, 0.2) is 0 Å². The predicted octanol–water partition coefficient (Wildman–Crippen LogP) is 0.220. The first-order valence-electron chi connectivity index (χ1n) is 4.83. The van der Waals surface area contributed by atoms with E-state index >= 15 is 0 Å². The van der Waals surface area contributed by atoms with Gasteiger partial charge in [0.2, 0.25) is 10.0 Å². The van der Waals surface area contributed by atoms with Crippen LogP contribution in [0.1, 0.15) is 6.92 Å². The highest BCUT2D eigenvalue weighted by molar-refractivity contribution is 7.89. The van der Waals surface area contributed by atoms with Crippen molar-refractivity contribution in [3.05, 3.63) is 34.4 Å². The Morgan fingerprint density at radius 3 is 2.71 bits per heavy atom. The Labute approximate surface area is 98.8 Å². The van der Waals surface area contributed by atoms with Crippen molar-refractivity contribution in [2.75, 3.05) is 6.54 Å². The average molecular weight is 259 g/mol. The number of hydrogen-bond donors (Lipinski definition) is 2. The van der Waals surface area contributed by atoms with E-state index in [9.17, 15) is 18.5 Å². The molecule has 0 saturated heterocycles. The van der Waals surface area contributed by atoms with Gasteiger partial charge >= 0.3 is 0 Å². The third-order valence-corrected chi connectivity index (χ3v) is 3.64. The predicted molar refractivity (Wildman–Crippen MR) is 61.9 cm³/mol. The maximum Gasteiger partial charge on any atom is 0.270 e. The van der Waals surface area contributed by atoms with E-state index in [1.54, 1.807) is 6.92 Å². The molecule has 0 bridgehead atoms. The number of rotatable bonds is 5. The Hall–Kier alpha value is -1.51. The molecule has 0 spiro atoms. The lowest BCUT2D eigenvalue weighted by atomic mass is 10.3. The van der Waals surface area contributed by atoms with Crippen LogP contribution in [0.5, 0.6) is 0 Å². The van der Waals surface area contributed by atoms with Gasteiger partial charge < -0.3 is 5.73 Å². The summed E-state index contributed by atoms with van der Waals surface area (Å²) < 4.78 is 25.9. The molecule has 3 N–H and O–H groups in total. The van der Waals surface area contributed by atoms with E-state index < -0.39 is 21.0 Å². The van der Waals surface area contributed by atoms with E-state index in [0.29, 0.717) is 0 Å². The molecule has 0 radical (unpaired) electrons. The number of sulfonamides is 1. The SMILES string of the molecule is CC(CN)NS(=O)(=O)c1cccc([N+](=O)[O-])c1. The molecule has 0 aliphatic heterocycles. The average Bonchev–Trinajstić information content (AvgIpc) is 2.28. The number of nitrogens with one attached hydrogen (secondary N) is 1. The second kappa shape index (κ2) is 5.21. The highest BCUT2D eigenvalue weighted by Gasteiger charge is 2.19. The van der Waals surface area contributed by atoms with Gasteiger partial charge in [-0.15, -0.1) is 0 Å². The van der Waals surface area contributed by atoms with Gasteiger partial charge in [-0.25, -0.2) is 13.1 Å². The van der Waals surface area contributed by atoms with Crippen molar-refractivity contribution < 1.29 is 13.3 Å². The van der Waals surface area contributed by atoms with Crippen LogP contribution < -0.4 is 10.5 Å². The first-order valence-corrected chi connectivity index (χ1v) is 6.32. The van der Waals surface area contributed by atoms with Crippen LogP contribution >= 0.6 is 0 Å². The minimum Gasteiger partial charge on any atom is -0.329 e. The minimum absolute atomic E-state index is 0.146. The number of nitrogens with two attached hydrogens (primary N) is 1. The van der Waals surface area contributed by atoms with Crippen LogP contribution in [-0.2, 0) is 10.0 Å². The Kier molecular flexibility index (Phi) is 4.16. The summed E-state index contributed by atoms with van der Waals surface area (Å²) in [6.45, 7) is 1.75. The molecule has 1 rings (SSSR count). The number of nitro groups is 1. The van der Waals surface area contributed by atoms with Crippen LogP contribution in [0.3, 0.4) is 0 Å². The lowest BCUT2D eigenvalue weighted by Crippen LogP contribution is -2.37. The number of non-ortho nitro benzene ring substituents is 1. The molecule has 7 nitrogen and oxygen atoms in total. The molecule has 0 aliphatic rings. The zero-order chi connectivity index (χ0) is 13.1. The van der Waals surface area contributed by atoms with Gasteiger partial charge in [0.05, 0.1) is 9.82 Å². The molecule has 0 aromatic heterocycles. The molecule has 94 valence electrons. The van der Waals surface area contributed by atoms with Gasteiger partial charge in [0, 0.05) is 24.7 Å². The van der Waals surface area contributed by atoms with Crippen LogP contribution in [0.15, 0.2) is 29.2 Å². The van der Waals surface area contributed by atoms with E-state index in [2.05, 4.69) is 4.72 Å². The fourth-order valence-corrected chi connectivity index (χ4v) is 2.44. The molecule has 1 unspecified atom stereocenters. The summed E-state index contributed by atoms with van der Waals surface area (Å²) in [6, 6.07) is 4.41. The van der Waals surface area contributed by atoms with Crippen molar-refractivity contribution in [3.8, 4) is 0 Å². The lowest BCUT2D eigenvalue weighted by Gasteiger charge is -2.11. The van der Waals surface area contributed by atoms with Gasteiger partial charge in [-0.05, 0) is 13.0 Å². The molecule has 1 aromatic rings. The Morgan fingerprint density at radius 1 is 1.53 bits per heavy atom. The molecule has 8 heteroatoms. The van der Waals surface area contributed by atoms with E-state index in [0.717, 1.165) is 6.07 Å². The Bertz CT molecular complexity index is 515. The monoisotopic (exact) mass is 259 g/mol. The van der Waals surface area contributed by atoms with Crippen LogP contribution in [0, 0.1) is 10.1 Å². The molecule has 1 aromatic carbocycles. The molecule has 0 saturated carbocycles. The molecule has 1 atom stereocenters. The number of nitrogens with zero attached hydrogens (tertiary/aromatic N) is 1. The molecule has 0 heterocycles. The summed E-state index contributed by atoms with van der Waals surface area (Å²) in [5.41, 5.74) is 5.03. The molecule has 0 amide bonds. The molecular formula is C9H13N3O4S. The molecule has 0 aliphatic carbocycles. The fourth-order valence-electron chi connectivity index (χ4n) is 1.15. The van der Waals surface area contributed by atoms with Gasteiger partial charge in [-0.2, -0.15) is 0 Å². The standard InChI is InChI=1S/C9H13N3O4S/c1-7(6-10)11-17(15,16)9-4-2-3-8(5-9)12(13)14/h2-5,7,11H,6,10H2,1H3. The van der Waals surface area contributed by atoms with Crippen LogP contribution in [0.4, 0.5) is 5.69 Å². The maximum absolute atomic E-state index is 11.8. The molecular weight excluding hydrogens is 246 g/mol. The summed E-state index contributed by atoms with van der Waals surface area (Å²) in [5.74, 6) is 0. The quantitative estimate of drug-likeness (QED) is 0.579. The highest BCUT2D eigenvalue weighted by Crippen LogP contribution is 2.17. The Morgan fingerprint density at radius 2 is 2.18 bits per heavy atom. The first kappa shape index (κ1) is 13.6. The van der Waals surface area contributed by atoms with Crippen molar-refractivity contribution >= 4 is 15.7 Å². The van der Waals surface area contributed by atoms with Gasteiger partial charge in [-0.3, -0.25) is 10.1 Å². The summed E-state index contributed by atoms with van der Waals surface area (Å²) >= 11 is 0. The van der Waals surface area contributed by atoms with Gasteiger partial charge in [-0.1, -0.05) is 6.07 Å². The van der Waals surface area contributed by atoms with Gasteiger partial charge in [0.1, 0.15) is 0 Å². The summed E-state index contributed by atoms with van der Waals surface area (Å²) in [5, 5.41) is 10.5. The van der Waals surface area contributed by atoms with Crippen molar-refractivity contribution in [3.63, 3.8) is 0 Å². The topological polar surface area (TPSA) is 115 Å². The van der Waals surface area contributed by atoms with Crippen molar-refractivity contribution in [2.24, 2.45) is 5.73 Å². The highest BCUT2D eigenvalue weighted by atomic mass is 32.2. The van der Waals surface area contributed by atoms with Crippen molar-refractivity contribution in [2.45, 2.75) is 17.9 Å². The zero-order valence-electron chi connectivity index (χ0n) is 9.16. The van der Waals surface area contributed by atoms with Crippen molar-refractivity contribution in [1.29, 1.82) is 0 Å². The Balaban J connectivity index is 3.07. The van der Waals surface area contributed by atoms with Crippen LogP contribution in [-0.4, -0.2) is 25.9 Å². The molecule has 17 heavy (non-hydrogen) atoms. The van der Waals surface area contributed by atoms with Crippen LogP contribution in [0.25, 0.3) is 0 Å². The third kappa shape index (κ3) is 3.48. The first-order chi connectivity index (χ1) is 7.86. The largest absolute Gasteiger partial charge is 0.329 e. The third-order valence-electron chi connectivity index (χ3n) is 2.05. The smallest absolute Gasteiger partial charge is 0.270 e. The summed E-state index contributed by atoms with van der Waals surface area (Å²) in [7, 11) is -3.76. The van der Waals surface area contributed by atoms with Crippen LogP contribution in [0.2, 0.25) is 0 Å². The van der Waals surface area contributed by atoms with E-state index in [1.807, 2.05) is 0 Å². The normalized spacial score (nSPS) is 13.3. The van der Waals surface area contributed by atoms with E-state index in [1.165, 1.54) is 18.2 Å². The molecule has 0 fully saturated rings.